The Balaban J connectivity index is 2.40. The minimum Gasteiger partial charge on any atom is -0.383 e. The zero-order valence-electron chi connectivity index (χ0n) is 12.4. The Morgan fingerprint density at radius 2 is 2.17 bits per heavy atom. The van der Waals surface area contributed by atoms with Crippen molar-refractivity contribution < 1.29 is 4.74 Å². The molecule has 18 heavy (non-hydrogen) atoms. The molecule has 2 N–H and O–H groups in total. The smallest absolute Gasteiger partial charge is 0.191 e. The summed E-state index contributed by atoms with van der Waals surface area (Å²) < 4.78 is 5.02. The monoisotopic (exact) mass is 256 g/mol. The summed E-state index contributed by atoms with van der Waals surface area (Å²) in [5.41, 5.74) is 0. The van der Waals surface area contributed by atoms with E-state index in [1.54, 1.807) is 7.11 Å². The second kappa shape index (κ2) is 7.59. The first-order valence-corrected chi connectivity index (χ1v) is 6.78. The van der Waals surface area contributed by atoms with E-state index in [2.05, 4.69) is 41.3 Å². The van der Waals surface area contributed by atoms with Crippen LogP contribution in [-0.4, -0.2) is 63.3 Å². The number of nitrogens with zero attached hydrogens (tertiary/aromatic N) is 2. The molecule has 0 saturated carbocycles. The lowest BCUT2D eigenvalue weighted by Gasteiger charge is -2.21. The third-order valence-corrected chi connectivity index (χ3v) is 3.52. The van der Waals surface area contributed by atoms with Crippen molar-refractivity contribution in [3.8, 4) is 0 Å². The Labute approximate surface area is 111 Å². The van der Waals surface area contributed by atoms with Gasteiger partial charge in [-0.05, 0) is 19.8 Å². The van der Waals surface area contributed by atoms with E-state index in [0.717, 1.165) is 25.6 Å². The Hall–Kier alpha value is -0.810. The Bertz CT molecular complexity index is 268. The van der Waals surface area contributed by atoms with E-state index in [9.17, 15) is 0 Å². The highest BCUT2D eigenvalue weighted by Crippen LogP contribution is 2.18. The van der Waals surface area contributed by atoms with Crippen molar-refractivity contribution >= 4 is 5.96 Å². The van der Waals surface area contributed by atoms with Crippen LogP contribution in [0.25, 0.3) is 0 Å². The van der Waals surface area contributed by atoms with Crippen LogP contribution in [0.1, 0.15) is 20.8 Å². The molecule has 0 radical (unpaired) electrons. The molecular weight excluding hydrogens is 228 g/mol. The molecule has 106 valence electrons. The molecule has 0 spiro atoms. The molecule has 0 bridgehead atoms. The van der Waals surface area contributed by atoms with Gasteiger partial charge in [0.25, 0.3) is 0 Å². The average Bonchev–Trinajstić information content (AvgIpc) is 2.70. The largest absolute Gasteiger partial charge is 0.383 e. The van der Waals surface area contributed by atoms with Crippen molar-refractivity contribution in [1.82, 2.24) is 15.5 Å². The van der Waals surface area contributed by atoms with E-state index in [-0.39, 0.29) is 0 Å². The minimum atomic E-state index is 0.473. The standard InChI is InChI=1S/C13H28N4O/c1-10(2)17-8-11(3)12(9-17)16-13(14-4)15-6-7-18-5/h10-12H,6-9H2,1-5H3,(H2,14,15,16). The third-order valence-electron chi connectivity index (χ3n) is 3.52. The van der Waals surface area contributed by atoms with Gasteiger partial charge >= 0.3 is 0 Å². The molecule has 0 aromatic carbocycles. The van der Waals surface area contributed by atoms with E-state index < -0.39 is 0 Å². The van der Waals surface area contributed by atoms with Crippen molar-refractivity contribution in [2.45, 2.75) is 32.9 Å². The molecule has 2 atom stereocenters. The van der Waals surface area contributed by atoms with Crippen LogP contribution in [0.15, 0.2) is 4.99 Å². The van der Waals surface area contributed by atoms with Crippen molar-refractivity contribution in [3.05, 3.63) is 0 Å². The second-order valence-corrected chi connectivity index (χ2v) is 5.27. The number of rotatable bonds is 5. The highest BCUT2D eigenvalue weighted by molar-refractivity contribution is 5.80. The molecule has 1 saturated heterocycles. The van der Waals surface area contributed by atoms with E-state index >= 15 is 0 Å². The first-order chi connectivity index (χ1) is 8.58. The zero-order valence-corrected chi connectivity index (χ0v) is 12.4. The maximum Gasteiger partial charge on any atom is 0.191 e. The minimum absolute atomic E-state index is 0.473. The normalized spacial score (nSPS) is 25.8. The van der Waals surface area contributed by atoms with Crippen LogP contribution >= 0.6 is 0 Å². The average molecular weight is 256 g/mol. The SMILES string of the molecule is CN=C(NCCOC)NC1CN(C(C)C)CC1C. The predicted molar refractivity (Wildman–Crippen MR) is 76.0 cm³/mol. The van der Waals surface area contributed by atoms with E-state index in [1.165, 1.54) is 0 Å². The Morgan fingerprint density at radius 1 is 1.44 bits per heavy atom. The molecule has 1 rings (SSSR count). The van der Waals surface area contributed by atoms with E-state index in [0.29, 0.717) is 24.6 Å². The van der Waals surface area contributed by atoms with Crippen LogP contribution in [0, 0.1) is 5.92 Å². The van der Waals surface area contributed by atoms with Crippen molar-refractivity contribution in [1.29, 1.82) is 0 Å². The number of hydrogen-bond acceptors (Lipinski definition) is 3. The topological polar surface area (TPSA) is 48.9 Å². The summed E-state index contributed by atoms with van der Waals surface area (Å²) in [6, 6.07) is 1.09. The summed E-state index contributed by atoms with van der Waals surface area (Å²) in [5, 5.41) is 6.76. The fourth-order valence-corrected chi connectivity index (χ4v) is 2.26. The van der Waals surface area contributed by atoms with Crippen LogP contribution in [0.4, 0.5) is 0 Å². The summed E-state index contributed by atoms with van der Waals surface area (Å²) in [5.74, 6) is 1.52. The van der Waals surface area contributed by atoms with Crippen LogP contribution in [-0.2, 0) is 4.74 Å². The lowest BCUT2D eigenvalue weighted by atomic mass is 10.1. The van der Waals surface area contributed by atoms with Crippen LogP contribution < -0.4 is 10.6 Å². The Kier molecular flexibility index (Phi) is 6.43. The predicted octanol–water partition coefficient (Wildman–Crippen LogP) is 0.527. The molecule has 5 heteroatoms. The highest BCUT2D eigenvalue weighted by Gasteiger charge is 2.31. The molecular formula is C13H28N4O. The second-order valence-electron chi connectivity index (χ2n) is 5.27. The number of guanidine groups is 1. The first kappa shape index (κ1) is 15.2. The molecule has 1 aliphatic rings. The van der Waals surface area contributed by atoms with Gasteiger partial charge in [0, 0.05) is 45.9 Å². The number of hydrogen-bond donors (Lipinski definition) is 2. The molecule has 0 aromatic rings. The van der Waals surface area contributed by atoms with Gasteiger partial charge in [-0.1, -0.05) is 6.92 Å². The van der Waals surface area contributed by atoms with Gasteiger partial charge in [-0.3, -0.25) is 9.89 Å². The van der Waals surface area contributed by atoms with Gasteiger partial charge in [0.15, 0.2) is 5.96 Å². The fourth-order valence-electron chi connectivity index (χ4n) is 2.26. The number of ether oxygens (including phenoxy) is 1. The Morgan fingerprint density at radius 3 is 2.67 bits per heavy atom. The van der Waals surface area contributed by atoms with Crippen LogP contribution in [0.5, 0.6) is 0 Å². The molecule has 5 nitrogen and oxygen atoms in total. The van der Waals surface area contributed by atoms with Gasteiger partial charge in [-0.25, -0.2) is 0 Å². The molecule has 0 amide bonds. The van der Waals surface area contributed by atoms with Gasteiger partial charge in [0.1, 0.15) is 0 Å². The summed E-state index contributed by atoms with van der Waals surface area (Å²) in [4.78, 5) is 6.75. The van der Waals surface area contributed by atoms with Gasteiger partial charge in [0.2, 0.25) is 0 Å². The number of nitrogens with one attached hydrogen (secondary N) is 2. The van der Waals surface area contributed by atoms with Crippen molar-refractivity contribution in [2.24, 2.45) is 10.9 Å². The summed E-state index contributed by atoms with van der Waals surface area (Å²) in [7, 11) is 3.51. The maximum atomic E-state index is 5.02. The van der Waals surface area contributed by atoms with Crippen molar-refractivity contribution in [3.63, 3.8) is 0 Å². The molecule has 1 heterocycles. The third kappa shape index (κ3) is 4.46. The van der Waals surface area contributed by atoms with Gasteiger partial charge in [0.05, 0.1) is 6.61 Å². The summed E-state index contributed by atoms with van der Waals surface area (Å²) in [6.07, 6.45) is 0. The quantitative estimate of drug-likeness (QED) is 0.428. The maximum absolute atomic E-state index is 5.02. The lowest BCUT2D eigenvalue weighted by Crippen LogP contribution is -2.47. The van der Waals surface area contributed by atoms with Crippen LogP contribution in [0.2, 0.25) is 0 Å². The van der Waals surface area contributed by atoms with E-state index in [1.807, 2.05) is 7.05 Å². The van der Waals surface area contributed by atoms with E-state index in [4.69, 9.17) is 4.74 Å². The van der Waals surface area contributed by atoms with Crippen molar-refractivity contribution in [2.75, 3.05) is 40.4 Å². The number of aliphatic imine (C=N–C) groups is 1. The van der Waals surface area contributed by atoms with Crippen LogP contribution in [0.3, 0.4) is 0 Å². The number of likely N-dealkylation sites (tertiary alicyclic amines) is 1. The zero-order chi connectivity index (χ0) is 13.5. The molecule has 0 aliphatic carbocycles. The fraction of sp³-hybridized carbons (Fsp3) is 0.923. The summed E-state index contributed by atoms with van der Waals surface area (Å²) >= 11 is 0. The molecule has 0 aromatic heterocycles. The van der Waals surface area contributed by atoms with Gasteiger partial charge in [-0.15, -0.1) is 0 Å². The van der Waals surface area contributed by atoms with Gasteiger partial charge < -0.3 is 15.4 Å². The molecule has 1 fully saturated rings. The lowest BCUT2D eigenvalue weighted by molar-refractivity contribution is 0.203. The number of methoxy groups -OCH3 is 1. The highest BCUT2D eigenvalue weighted by atomic mass is 16.5. The van der Waals surface area contributed by atoms with Gasteiger partial charge in [-0.2, -0.15) is 0 Å². The first-order valence-electron chi connectivity index (χ1n) is 6.78. The molecule has 1 aliphatic heterocycles. The molecule has 2 unspecified atom stereocenters. The summed E-state index contributed by atoms with van der Waals surface area (Å²) in [6.45, 7) is 10.5.